The van der Waals surface area contributed by atoms with Crippen molar-refractivity contribution in [2.45, 2.75) is 37.5 Å². The Morgan fingerprint density at radius 2 is 2.12 bits per heavy atom. The maximum Gasteiger partial charge on any atom is 0.178 e. The Kier molecular flexibility index (Phi) is 4.77. The standard InChI is InChI=1S/C14H18O2S/c1-4-7-12(3)13-8-6-9-14(11-13)17(15,16)10-5-2/h1,6,8-9,11-12H,5,7,10H2,2-3H3. The second kappa shape index (κ2) is 5.88. The lowest BCUT2D eigenvalue weighted by Gasteiger charge is -2.10. The average molecular weight is 250 g/mol. The molecule has 3 heteroatoms. The summed E-state index contributed by atoms with van der Waals surface area (Å²) >= 11 is 0. The Morgan fingerprint density at radius 1 is 1.41 bits per heavy atom. The molecule has 1 atom stereocenters. The summed E-state index contributed by atoms with van der Waals surface area (Å²) < 4.78 is 23.8. The predicted molar refractivity (Wildman–Crippen MR) is 70.7 cm³/mol. The van der Waals surface area contributed by atoms with Crippen LogP contribution < -0.4 is 0 Å². The van der Waals surface area contributed by atoms with E-state index in [4.69, 9.17) is 6.42 Å². The molecule has 92 valence electrons. The van der Waals surface area contributed by atoms with Crippen LogP contribution in [0.1, 0.15) is 38.2 Å². The molecule has 1 unspecified atom stereocenters. The zero-order valence-corrected chi connectivity index (χ0v) is 11.1. The van der Waals surface area contributed by atoms with Crippen LogP contribution >= 0.6 is 0 Å². The largest absolute Gasteiger partial charge is 0.224 e. The first-order valence-corrected chi connectivity index (χ1v) is 7.42. The number of terminal acetylenes is 1. The van der Waals surface area contributed by atoms with Gasteiger partial charge in [-0.15, -0.1) is 12.3 Å². The second-order valence-electron chi connectivity index (χ2n) is 4.20. The van der Waals surface area contributed by atoms with Crippen molar-refractivity contribution in [2.75, 3.05) is 5.75 Å². The van der Waals surface area contributed by atoms with Gasteiger partial charge in [-0.3, -0.25) is 0 Å². The summed E-state index contributed by atoms with van der Waals surface area (Å²) in [4.78, 5) is 0.403. The molecule has 2 nitrogen and oxygen atoms in total. The lowest BCUT2D eigenvalue weighted by atomic mass is 9.98. The SMILES string of the molecule is C#CCC(C)c1cccc(S(=O)(=O)CCC)c1. The summed E-state index contributed by atoms with van der Waals surface area (Å²) in [7, 11) is -3.13. The number of benzene rings is 1. The van der Waals surface area contributed by atoms with Crippen molar-refractivity contribution in [1.29, 1.82) is 0 Å². The van der Waals surface area contributed by atoms with E-state index in [9.17, 15) is 8.42 Å². The number of rotatable bonds is 5. The van der Waals surface area contributed by atoms with Gasteiger partial charge >= 0.3 is 0 Å². The van der Waals surface area contributed by atoms with Crippen molar-refractivity contribution in [2.24, 2.45) is 0 Å². The van der Waals surface area contributed by atoms with Crippen LogP contribution in [0.25, 0.3) is 0 Å². The highest BCUT2D eigenvalue weighted by molar-refractivity contribution is 7.91. The average Bonchev–Trinajstić information content (AvgIpc) is 2.29. The fraction of sp³-hybridized carbons (Fsp3) is 0.429. The maximum atomic E-state index is 11.9. The summed E-state index contributed by atoms with van der Waals surface area (Å²) in [6.07, 6.45) is 6.52. The first-order chi connectivity index (χ1) is 8.01. The van der Waals surface area contributed by atoms with Crippen LogP contribution in [0.15, 0.2) is 29.2 Å². The lowest BCUT2D eigenvalue weighted by molar-refractivity contribution is 0.594. The molecule has 1 aromatic rings. The third kappa shape index (κ3) is 3.61. The van der Waals surface area contributed by atoms with E-state index in [1.54, 1.807) is 18.2 Å². The molecule has 0 aliphatic carbocycles. The van der Waals surface area contributed by atoms with Gasteiger partial charge in [0.15, 0.2) is 9.84 Å². The van der Waals surface area contributed by atoms with E-state index < -0.39 is 9.84 Å². The van der Waals surface area contributed by atoms with Gasteiger partial charge in [0, 0.05) is 6.42 Å². The van der Waals surface area contributed by atoms with Gasteiger partial charge in [-0.1, -0.05) is 26.0 Å². The molecular weight excluding hydrogens is 232 g/mol. The first-order valence-electron chi connectivity index (χ1n) is 5.77. The fourth-order valence-corrected chi connectivity index (χ4v) is 3.07. The van der Waals surface area contributed by atoms with Crippen molar-refractivity contribution >= 4 is 9.84 Å². The minimum atomic E-state index is -3.13. The van der Waals surface area contributed by atoms with Crippen molar-refractivity contribution < 1.29 is 8.42 Å². The van der Waals surface area contributed by atoms with Gasteiger partial charge in [0.05, 0.1) is 10.6 Å². The Bertz CT molecular complexity index is 509. The topological polar surface area (TPSA) is 34.1 Å². The highest BCUT2D eigenvalue weighted by Gasteiger charge is 2.14. The smallest absolute Gasteiger partial charge is 0.178 e. The monoisotopic (exact) mass is 250 g/mol. The molecule has 0 bridgehead atoms. The summed E-state index contributed by atoms with van der Waals surface area (Å²) in [6.45, 7) is 3.87. The predicted octanol–water partition coefficient (Wildman–Crippen LogP) is 3.00. The normalized spacial score (nSPS) is 13.0. The van der Waals surface area contributed by atoms with Crippen LogP contribution in [0.5, 0.6) is 0 Å². The summed E-state index contributed by atoms with van der Waals surface area (Å²) in [6, 6.07) is 7.10. The van der Waals surface area contributed by atoms with Crippen LogP contribution in [0.4, 0.5) is 0 Å². The zero-order valence-electron chi connectivity index (χ0n) is 10.3. The minimum absolute atomic E-state index is 0.191. The van der Waals surface area contributed by atoms with E-state index in [-0.39, 0.29) is 11.7 Å². The molecule has 17 heavy (non-hydrogen) atoms. The number of sulfone groups is 1. The van der Waals surface area contributed by atoms with Crippen molar-refractivity contribution in [1.82, 2.24) is 0 Å². The van der Waals surface area contributed by atoms with Crippen LogP contribution in [-0.4, -0.2) is 14.2 Å². The van der Waals surface area contributed by atoms with E-state index in [1.165, 1.54) is 0 Å². The van der Waals surface area contributed by atoms with E-state index >= 15 is 0 Å². The molecule has 0 amide bonds. The molecule has 0 fully saturated rings. The fourth-order valence-electron chi connectivity index (χ4n) is 1.70. The third-order valence-corrected chi connectivity index (χ3v) is 4.60. The Hall–Kier alpha value is -1.27. The van der Waals surface area contributed by atoms with Gasteiger partial charge in [0.2, 0.25) is 0 Å². The Balaban J connectivity index is 3.06. The molecule has 1 aromatic carbocycles. The molecule has 0 saturated heterocycles. The van der Waals surface area contributed by atoms with Gasteiger partial charge in [-0.25, -0.2) is 8.42 Å². The molecule has 0 aliphatic heterocycles. The van der Waals surface area contributed by atoms with Crippen molar-refractivity contribution in [3.8, 4) is 12.3 Å². The van der Waals surface area contributed by atoms with Crippen molar-refractivity contribution in [3.05, 3.63) is 29.8 Å². The van der Waals surface area contributed by atoms with Crippen LogP contribution in [0.2, 0.25) is 0 Å². The molecule has 0 saturated carbocycles. The Morgan fingerprint density at radius 3 is 2.71 bits per heavy atom. The third-order valence-electron chi connectivity index (χ3n) is 2.68. The van der Waals surface area contributed by atoms with Gasteiger partial charge in [0.25, 0.3) is 0 Å². The van der Waals surface area contributed by atoms with Crippen LogP contribution in [0.3, 0.4) is 0 Å². The number of hydrogen-bond acceptors (Lipinski definition) is 2. The summed E-state index contributed by atoms with van der Waals surface area (Å²) in [5, 5.41) is 0. The molecule has 0 N–H and O–H groups in total. The Labute approximate surface area is 104 Å². The molecule has 0 heterocycles. The molecule has 0 spiro atoms. The number of hydrogen-bond donors (Lipinski definition) is 0. The van der Waals surface area contributed by atoms with Gasteiger partial charge in [-0.05, 0) is 30.0 Å². The van der Waals surface area contributed by atoms with E-state index in [0.29, 0.717) is 17.7 Å². The molecular formula is C14H18O2S. The van der Waals surface area contributed by atoms with Gasteiger partial charge in [-0.2, -0.15) is 0 Å². The van der Waals surface area contributed by atoms with Crippen LogP contribution in [0, 0.1) is 12.3 Å². The van der Waals surface area contributed by atoms with Crippen LogP contribution in [-0.2, 0) is 9.84 Å². The maximum absolute atomic E-state index is 11.9. The summed E-state index contributed by atoms with van der Waals surface area (Å²) in [5.74, 6) is 2.99. The molecule has 0 aromatic heterocycles. The lowest BCUT2D eigenvalue weighted by Crippen LogP contribution is -2.06. The zero-order chi connectivity index (χ0) is 12.9. The molecule has 0 radical (unpaired) electrons. The molecule has 1 rings (SSSR count). The van der Waals surface area contributed by atoms with E-state index in [1.807, 2.05) is 19.9 Å². The second-order valence-corrected chi connectivity index (χ2v) is 6.31. The van der Waals surface area contributed by atoms with E-state index in [0.717, 1.165) is 5.56 Å². The first kappa shape index (κ1) is 13.8. The van der Waals surface area contributed by atoms with Crippen molar-refractivity contribution in [3.63, 3.8) is 0 Å². The van der Waals surface area contributed by atoms with Gasteiger partial charge < -0.3 is 0 Å². The highest BCUT2D eigenvalue weighted by Crippen LogP contribution is 2.22. The van der Waals surface area contributed by atoms with Gasteiger partial charge in [0.1, 0.15) is 0 Å². The van der Waals surface area contributed by atoms with E-state index in [2.05, 4.69) is 5.92 Å². The highest BCUT2D eigenvalue weighted by atomic mass is 32.2. The quantitative estimate of drug-likeness (QED) is 0.753. The molecule has 0 aliphatic rings. The minimum Gasteiger partial charge on any atom is -0.224 e. The summed E-state index contributed by atoms with van der Waals surface area (Å²) in [5.41, 5.74) is 0.986.